The Morgan fingerprint density at radius 3 is 2.12 bits per heavy atom. The van der Waals surface area contributed by atoms with Crippen LogP contribution in [0.15, 0.2) is 60.3 Å². The SMILES string of the molecule is N#C/C(=C/Nc1ccc(C(F)(F)F)cc1)C(=O)Nc1ccc(O)cc1. The van der Waals surface area contributed by atoms with E-state index in [1.165, 1.54) is 36.4 Å². The molecule has 0 atom stereocenters. The molecule has 1 amide bonds. The fraction of sp³-hybridized carbons (Fsp3) is 0.0588. The fourth-order valence-corrected chi connectivity index (χ4v) is 1.80. The minimum Gasteiger partial charge on any atom is -0.508 e. The van der Waals surface area contributed by atoms with Gasteiger partial charge in [-0.3, -0.25) is 4.79 Å². The van der Waals surface area contributed by atoms with Crippen LogP contribution in [0.25, 0.3) is 0 Å². The Morgan fingerprint density at radius 1 is 1.04 bits per heavy atom. The van der Waals surface area contributed by atoms with Crippen LogP contribution in [0.3, 0.4) is 0 Å². The first-order valence-electron chi connectivity index (χ1n) is 6.94. The van der Waals surface area contributed by atoms with Crippen molar-refractivity contribution in [2.75, 3.05) is 10.6 Å². The van der Waals surface area contributed by atoms with E-state index in [0.29, 0.717) is 5.69 Å². The standard InChI is InChI=1S/C17H12F3N3O2/c18-17(19,20)12-1-3-13(4-2-12)22-10-11(9-21)16(25)23-14-5-7-15(24)8-6-14/h1-8,10,22,24H,(H,23,25)/b11-10-. The predicted molar refractivity (Wildman–Crippen MR) is 85.5 cm³/mol. The van der Waals surface area contributed by atoms with Gasteiger partial charge in [0.15, 0.2) is 0 Å². The van der Waals surface area contributed by atoms with E-state index in [0.717, 1.165) is 18.3 Å². The summed E-state index contributed by atoms with van der Waals surface area (Å²) < 4.78 is 37.4. The summed E-state index contributed by atoms with van der Waals surface area (Å²) in [5.74, 6) is -0.675. The average Bonchev–Trinajstić information content (AvgIpc) is 2.57. The Balaban J connectivity index is 2.05. The van der Waals surface area contributed by atoms with Crippen molar-refractivity contribution in [2.45, 2.75) is 6.18 Å². The van der Waals surface area contributed by atoms with Crippen molar-refractivity contribution in [2.24, 2.45) is 0 Å². The molecular formula is C17H12F3N3O2. The van der Waals surface area contributed by atoms with E-state index in [-0.39, 0.29) is 17.0 Å². The van der Waals surface area contributed by atoms with Gasteiger partial charge in [0, 0.05) is 17.6 Å². The summed E-state index contributed by atoms with van der Waals surface area (Å²) in [5.41, 5.74) is -0.405. The Labute approximate surface area is 141 Å². The fourth-order valence-electron chi connectivity index (χ4n) is 1.80. The normalized spacial score (nSPS) is 11.5. The number of anilines is 2. The minimum atomic E-state index is -4.43. The Hall–Kier alpha value is -3.47. The number of carbonyl (C=O) groups excluding carboxylic acids is 1. The second-order valence-electron chi connectivity index (χ2n) is 4.89. The lowest BCUT2D eigenvalue weighted by atomic mass is 10.2. The average molecular weight is 347 g/mol. The van der Waals surface area contributed by atoms with Crippen molar-refractivity contribution in [1.82, 2.24) is 0 Å². The highest BCUT2D eigenvalue weighted by Gasteiger charge is 2.29. The maximum absolute atomic E-state index is 12.5. The first-order chi connectivity index (χ1) is 11.8. The van der Waals surface area contributed by atoms with Crippen molar-refractivity contribution in [3.63, 3.8) is 0 Å². The van der Waals surface area contributed by atoms with Gasteiger partial charge in [0.25, 0.3) is 5.91 Å². The zero-order valence-electron chi connectivity index (χ0n) is 12.6. The molecule has 2 rings (SSSR count). The highest BCUT2D eigenvalue weighted by Crippen LogP contribution is 2.29. The molecule has 0 aliphatic heterocycles. The maximum Gasteiger partial charge on any atom is 0.416 e. The van der Waals surface area contributed by atoms with Crippen LogP contribution >= 0.6 is 0 Å². The molecule has 25 heavy (non-hydrogen) atoms. The van der Waals surface area contributed by atoms with Crippen LogP contribution in [0, 0.1) is 11.3 Å². The molecule has 0 aromatic heterocycles. The number of carbonyl (C=O) groups is 1. The molecular weight excluding hydrogens is 335 g/mol. The Kier molecular flexibility index (Phi) is 5.29. The molecule has 8 heteroatoms. The lowest BCUT2D eigenvalue weighted by molar-refractivity contribution is -0.137. The van der Waals surface area contributed by atoms with E-state index in [1.54, 1.807) is 6.07 Å². The lowest BCUT2D eigenvalue weighted by Gasteiger charge is -2.08. The molecule has 0 bridgehead atoms. The molecule has 0 fully saturated rings. The van der Waals surface area contributed by atoms with E-state index >= 15 is 0 Å². The second-order valence-corrected chi connectivity index (χ2v) is 4.89. The number of halogens is 3. The van der Waals surface area contributed by atoms with Crippen LogP contribution < -0.4 is 10.6 Å². The van der Waals surface area contributed by atoms with Gasteiger partial charge >= 0.3 is 6.18 Å². The van der Waals surface area contributed by atoms with Crippen molar-refractivity contribution in [3.05, 3.63) is 65.9 Å². The summed E-state index contributed by atoms with van der Waals surface area (Å²) in [6.07, 6.45) is -3.34. The van der Waals surface area contributed by atoms with E-state index in [4.69, 9.17) is 10.4 Å². The first kappa shape index (κ1) is 17.9. The van der Waals surface area contributed by atoms with Gasteiger partial charge in [-0.2, -0.15) is 18.4 Å². The summed E-state index contributed by atoms with van der Waals surface area (Å²) in [6, 6.07) is 11.5. The Bertz CT molecular complexity index is 820. The number of phenolic OH excluding ortho intramolecular Hbond substituents is 1. The molecule has 3 N–H and O–H groups in total. The van der Waals surface area contributed by atoms with Crippen molar-refractivity contribution < 1.29 is 23.1 Å². The Morgan fingerprint density at radius 2 is 1.60 bits per heavy atom. The molecule has 2 aromatic carbocycles. The highest BCUT2D eigenvalue weighted by molar-refractivity contribution is 6.06. The topological polar surface area (TPSA) is 85.2 Å². The number of hydrogen-bond donors (Lipinski definition) is 3. The van der Waals surface area contributed by atoms with Crippen LogP contribution in [-0.4, -0.2) is 11.0 Å². The monoisotopic (exact) mass is 347 g/mol. The smallest absolute Gasteiger partial charge is 0.416 e. The highest BCUT2D eigenvalue weighted by atomic mass is 19.4. The number of alkyl halides is 3. The largest absolute Gasteiger partial charge is 0.508 e. The van der Waals surface area contributed by atoms with Gasteiger partial charge in [-0.1, -0.05) is 0 Å². The van der Waals surface area contributed by atoms with E-state index in [1.807, 2.05) is 0 Å². The van der Waals surface area contributed by atoms with Crippen molar-refractivity contribution >= 4 is 17.3 Å². The zero-order valence-corrected chi connectivity index (χ0v) is 12.6. The number of hydrogen-bond acceptors (Lipinski definition) is 4. The van der Waals surface area contributed by atoms with Gasteiger partial charge in [0.2, 0.25) is 0 Å². The summed E-state index contributed by atoms with van der Waals surface area (Å²) in [5, 5.41) is 23.3. The summed E-state index contributed by atoms with van der Waals surface area (Å²) >= 11 is 0. The molecule has 0 radical (unpaired) electrons. The van der Waals surface area contributed by atoms with Crippen LogP contribution in [0.1, 0.15) is 5.56 Å². The molecule has 0 heterocycles. The molecule has 128 valence electrons. The molecule has 0 saturated heterocycles. The molecule has 0 spiro atoms. The number of aromatic hydroxyl groups is 1. The molecule has 0 aliphatic carbocycles. The number of nitrogens with one attached hydrogen (secondary N) is 2. The summed E-state index contributed by atoms with van der Waals surface area (Å²) in [6.45, 7) is 0. The van der Waals surface area contributed by atoms with Gasteiger partial charge in [0.05, 0.1) is 5.56 Å². The molecule has 0 unspecified atom stereocenters. The lowest BCUT2D eigenvalue weighted by Crippen LogP contribution is -2.14. The van der Waals surface area contributed by atoms with E-state index in [9.17, 15) is 18.0 Å². The third kappa shape index (κ3) is 5.00. The number of rotatable bonds is 4. The van der Waals surface area contributed by atoms with Crippen molar-refractivity contribution in [1.29, 1.82) is 5.26 Å². The van der Waals surface area contributed by atoms with Gasteiger partial charge in [0.1, 0.15) is 17.4 Å². The number of nitriles is 1. The maximum atomic E-state index is 12.5. The third-order valence-electron chi connectivity index (χ3n) is 3.09. The number of nitrogens with zero attached hydrogens (tertiary/aromatic N) is 1. The number of phenols is 1. The van der Waals surface area contributed by atoms with Crippen molar-refractivity contribution in [3.8, 4) is 11.8 Å². The van der Waals surface area contributed by atoms with Crippen LogP contribution in [0.4, 0.5) is 24.5 Å². The van der Waals surface area contributed by atoms with Gasteiger partial charge in [-0.25, -0.2) is 0 Å². The van der Waals surface area contributed by atoms with Crippen LogP contribution in [0.5, 0.6) is 5.75 Å². The van der Waals surface area contributed by atoms with Gasteiger partial charge in [-0.05, 0) is 48.5 Å². The number of amides is 1. The van der Waals surface area contributed by atoms with Gasteiger partial charge in [-0.15, -0.1) is 0 Å². The third-order valence-corrected chi connectivity index (χ3v) is 3.09. The second kappa shape index (κ2) is 7.40. The zero-order chi connectivity index (χ0) is 18.4. The summed E-state index contributed by atoms with van der Waals surface area (Å²) in [4.78, 5) is 12.0. The van der Waals surface area contributed by atoms with Crippen LogP contribution in [0.2, 0.25) is 0 Å². The van der Waals surface area contributed by atoms with E-state index < -0.39 is 17.6 Å². The quantitative estimate of drug-likeness (QED) is 0.445. The first-order valence-corrected chi connectivity index (χ1v) is 6.94. The van der Waals surface area contributed by atoms with Crippen LogP contribution in [-0.2, 0) is 11.0 Å². The molecule has 0 saturated carbocycles. The van der Waals surface area contributed by atoms with Gasteiger partial charge < -0.3 is 15.7 Å². The molecule has 5 nitrogen and oxygen atoms in total. The predicted octanol–water partition coefficient (Wildman–Crippen LogP) is 3.87. The number of benzene rings is 2. The van der Waals surface area contributed by atoms with E-state index in [2.05, 4.69) is 10.6 Å². The molecule has 2 aromatic rings. The minimum absolute atomic E-state index is 0.0259. The molecule has 0 aliphatic rings. The summed E-state index contributed by atoms with van der Waals surface area (Å²) in [7, 11) is 0.